The van der Waals surface area contributed by atoms with Crippen LogP contribution < -0.4 is 16.0 Å². The van der Waals surface area contributed by atoms with Gasteiger partial charge in [0.1, 0.15) is 23.8 Å². The summed E-state index contributed by atoms with van der Waals surface area (Å²) >= 11 is 0. The largest absolute Gasteiger partial charge is 0.354 e. The first-order valence-electron chi connectivity index (χ1n) is 15.2. The third-order valence-corrected chi connectivity index (χ3v) is 7.85. The predicted octanol–water partition coefficient (Wildman–Crippen LogP) is 1.02. The molecule has 3 N–H and O–H groups in total. The summed E-state index contributed by atoms with van der Waals surface area (Å²) in [5, 5.41) is 12.8. The molecule has 13 heteroatoms. The Morgan fingerprint density at radius 3 is 2.42 bits per heavy atom. The quantitative estimate of drug-likeness (QED) is 0.394. The van der Waals surface area contributed by atoms with Gasteiger partial charge in [-0.3, -0.25) is 24.0 Å². The molecule has 0 aliphatic carbocycles. The van der Waals surface area contributed by atoms with Crippen LogP contribution in [0.4, 0.5) is 0 Å². The lowest BCUT2D eigenvalue weighted by Gasteiger charge is -2.32. The molecule has 3 heterocycles. The minimum atomic E-state index is -0.973. The molecule has 4 rings (SSSR count). The van der Waals surface area contributed by atoms with Gasteiger partial charge in [0, 0.05) is 38.3 Å². The molecule has 1 aliphatic heterocycles. The van der Waals surface area contributed by atoms with Crippen molar-refractivity contribution < 1.29 is 24.0 Å². The highest BCUT2D eigenvalue weighted by molar-refractivity contribution is 5.98. The Balaban J connectivity index is 1.64. The van der Waals surface area contributed by atoms with Crippen molar-refractivity contribution in [2.24, 2.45) is 5.92 Å². The summed E-state index contributed by atoms with van der Waals surface area (Å²) in [5.74, 6) is -2.65. The molecule has 3 atom stereocenters. The SMILES string of the molecule is Cc1cc2nc(C(=O)N3CCCNC(=O)[C@H](Cc4ccccc4)NC(=O)CN(C)C(=O)[C@H](C(C)C)NC(=O)[C@H]3C)cc(C)n2n1. The molecule has 0 unspecified atom stereocenters. The van der Waals surface area contributed by atoms with Gasteiger partial charge in [0.15, 0.2) is 5.65 Å². The second-order valence-corrected chi connectivity index (χ2v) is 11.9. The van der Waals surface area contributed by atoms with Crippen molar-refractivity contribution in [2.45, 2.75) is 65.6 Å². The Labute approximate surface area is 262 Å². The number of rotatable bonds is 4. The summed E-state index contributed by atoms with van der Waals surface area (Å²) in [6.45, 7) is 8.83. The van der Waals surface area contributed by atoms with Crippen LogP contribution in [0.2, 0.25) is 0 Å². The Morgan fingerprint density at radius 2 is 1.73 bits per heavy atom. The van der Waals surface area contributed by atoms with E-state index in [1.54, 1.807) is 37.4 Å². The fraction of sp³-hybridized carbons (Fsp3) is 0.469. The van der Waals surface area contributed by atoms with Gasteiger partial charge in [-0.25, -0.2) is 9.50 Å². The lowest BCUT2D eigenvalue weighted by molar-refractivity contribution is -0.140. The van der Waals surface area contributed by atoms with Crippen LogP contribution in [0.1, 0.15) is 54.6 Å². The van der Waals surface area contributed by atoms with E-state index in [0.29, 0.717) is 17.8 Å². The number of amides is 5. The highest BCUT2D eigenvalue weighted by Gasteiger charge is 2.34. The number of likely N-dealkylation sites (N-methyl/N-ethyl adjacent to an activating group) is 1. The van der Waals surface area contributed by atoms with Crippen LogP contribution in [-0.4, -0.2) is 98.7 Å². The number of benzene rings is 1. The zero-order valence-corrected chi connectivity index (χ0v) is 26.7. The number of hydrogen-bond acceptors (Lipinski definition) is 7. The van der Waals surface area contributed by atoms with E-state index in [1.807, 2.05) is 44.2 Å². The molecule has 3 aromatic rings. The molecular weight excluding hydrogens is 576 g/mol. The van der Waals surface area contributed by atoms with Gasteiger partial charge in [0.25, 0.3) is 5.91 Å². The van der Waals surface area contributed by atoms with Crippen molar-refractivity contribution in [1.82, 2.24) is 40.3 Å². The maximum Gasteiger partial charge on any atom is 0.273 e. The van der Waals surface area contributed by atoms with E-state index in [4.69, 9.17) is 0 Å². The number of nitrogens with one attached hydrogen (secondary N) is 3. The molecule has 0 bridgehead atoms. The van der Waals surface area contributed by atoms with E-state index in [-0.39, 0.29) is 37.7 Å². The molecular formula is C32H42N8O5. The van der Waals surface area contributed by atoms with Crippen molar-refractivity contribution >= 4 is 35.2 Å². The molecule has 1 fully saturated rings. The van der Waals surface area contributed by atoms with E-state index in [0.717, 1.165) is 11.3 Å². The van der Waals surface area contributed by atoms with Gasteiger partial charge in [0.05, 0.1) is 12.2 Å². The lowest BCUT2D eigenvalue weighted by Crippen LogP contribution is -2.57. The van der Waals surface area contributed by atoms with Gasteiger partial charge in [-0.2, -0.15) is 5.10 Å². The minimum absolute atomic E-state index is 0.119. The first kappa shape index (κ1) is 33.1. The Bertz CT molecular complexity index is 1570. The fourth-order valence-electron chi connectivity index (χ4n) is 5.31. The molecule has 0 radical (unpaired) electrons. The van der Waals surface area contributed by atoms with Crippen molar-refractivity contribution in [3.63, 3.8) is 0 Å². The predicted molar refractivity (Wildman–Crippen MR) is 167 cm³/mol. The molecule has 0 saturated carbocycles. The molecule has 1 saturated heterocycles. The highest BCUT2D eigenvalue weighted by atomic mass is 16.2. The second-order valence-electron chi connectivity index (χ2n) is 11.9. The van der Waals surface area contributed by atoms with E-state index >= 15 is 0 Å². The summed E-state index contributed by atoms with van der Waals surface area (Å²) in [6.07, 6.45) is 0.577. The van der Waals surface area contributed by atoms with Gasteiger partial charge < -0.3 is 25.8 Å². The van der Waals surface area contributed by atoms with E-state index in [9.17, 15) is 24.0 Å². The number of hydrogen-bond donors (Lipinski definition) is 3. The van der Waals surface area contributed by atoms with Crippen LogP contribution in [0.25, 0.3) is 5.65 Å². The standard InChI is InChI=1S/C32H42N8O5/c1-19(2)28-32(45)38(6)18-27(41)35-24(17-23-11-8-7-9-12-23)30(43)33-13-10-14-39(22(5)29(42)36-28)31(44)25-16-21(4)40-26(34-25)15-20(3)37-40/h7-9,11-12,15-16,19,22,24,28H,10,13-14,17-18H2,1-6H3,(H,33,43)(H,35,41)(H,36,42)/t22-,24+,28+/m1/s1. The fourth-order valence-corrected chi connectivity index (χ4v) is 5.31. The summed E-state index contributed by atoms with van der Waals surface area (Å²) < 4.78 is 1.64. The number of fused-ring (bicyclic) bond motifs is 1. The monoisotopic (exact) mass is 618 g/mol. The normalized spacial score (nSPS) is 21.1. The maximum atomic E-state index is 13.9. The average molecular weight is 619 g/mol. The van der Waals surface area contributed by atoms with Crippen LogP contribution in [-0.2, 0) is 25.6 Å². The second kappa shape index (κ2) is 14.3. The van der Waals surface area contributed by atoms with E-state index < -0.39 is 47.7 Å². The summed E-state index contributed by atoms with van der Waals surface area (Å²) in [6, 6.07) is 9.90. The van der Waals surface area contributed by atoms with Gasteiger partial charge in [-0.15, -0.1) is 0 Å². The molecule has 1 aliphatic rings. The number of aromatic nitrogens is 3. The van der Waals surface area contributed by atoms with E-state index in [1.165, 1.54) is 16.8 Å². The zero-order chi connectivity index (χ0) is 32.8. The van der Waals surface area contributed by atoms with Crippen LogP contribution in [0.15, 0.2) is 42.5 Å². The maximum absolute atomic E-state index is 13.9. The molecule has 13 nitrogen and oxygen atoms in total. The van der Waals surface area contributed by atoms with Crippen molar-refractivity contribution in [3.8, 4) is 0 Å². The van der Waals surface area contributed by atoms with Crippen LogP contribution in [0.3, 0.4) is 0 Å². The van der Waals surface area contributed by atoms with Crippen molar-refractivity contribution in [2.75, 3.05) is 26.7 Å². The topological polar surface area (TPSA) is 158 Å². The third-order valence-electron chi connectivity index (χ3n) is 7.85. The molecule has 2 aromatic heterocycles. The lowest BCUT2D eigenvalue weighted by atomic mass is 10.0. The van der Waals surface area contributed by atoms with Crippen LogP contribution in [0, 0.1) is 19.8 Å². The molecule has 0 spiro atoms. The van der Waals surface area contributed by atoms with Gasteiger partial charge >= 0.3 is 0 Å². The number of carbonyl (C=O) groups excluding carboxylic acids is 5. The minimum Gasteiger partial charge on any atom is -0.354 e. The smallest absolute Gasteiger partial charge is 0.273 e. The number of carbonyl (C=O) groups is 5. The van der Waals surface area contributed by atoms with Gasteiger partial charge in [0.2, 0.25) is 23.6 Å². The Morgan fingerprint density at radius 1 is 1.02 bits per heavy atom. The Hall–Kier alpha value is -4.81. The molecule has 5 amide bonds. The summed E-state index contributed by atoms with van der Waals surface area (Å²) in [5.41, 5.74) is 2.97. The van der Waals surface area contributed by atoms with Crippen molar-refractivity contribution in [3.05, 3.63) is 65.1 Å². The summed E-state index contributed by atoms with van der Waals surface area (Å²) in [7, 11) is 1.47. The highest BCUT2D eigenvalue weighted by Crippen LogP contribution is 2.15. The number of nitrogens with zero attached hydrogens (tertiary/aromatic N) is 5. The van der Waals surface area contributed by atoms with Gasteiger partial charge in [-0.05, 0) is 44.7 Å². The van der Waals surface area contributed by atoms with E-state index in [2.05, 4.69) is 26.0 Å². The molecule has 1 aromatic carbocycles. The average Bonchev–Trinajstić information content (AvgIpc) is 3.39. The molecule has 45 heavy (non-hydrogen) atoms. The Kier molecular flexibility index (Phi) is 10.5. The van der Waals surface area contributed by atoms with Crippen LogP contribution >= 0.6 is 0 Å². The first-order chi connectivity index (χ1) is 21.3. The zero-order valence-electron chi connectivity index (χ0n) is 26.7. The van der Waals surface area contributed by atoms with Crippen LogP contribution in [0.5, 0.6) is 0 Å². The summed E-state index contributed by atoms with van der Waals surface area (Å²) in [4.78, 5) is 74.4. The molecule has 240 valence electrons. The third kappa shape index (κ3) is 8.02. The van der Waals surface area contributed by atoms with Crippen molar-refractivity contribution in [1.29, 1.82) is 0 Å². The number of aryl methyl sites for hydroxylation is 2. The first-order valence-corrected chi connectivity index (χ1v) is 15.2. The van der Waals surface area contributed by atoms with Gasteiger partial charge in [-0.1, -0.05) is 44.2 Å².